The summed E-state index contributed by atoms with van der Waals surface area (Å²) in [5.41, 5.74) is 0.977. The molecule has 0 spiro atoms. The molecule has 0 amide bonds. The minimum atomic E-state index is 0.762. The van der Waals surface area contributed by atoms with Crippen LogP contribution in [-0.2, 0) is 0 Å². The van der Waals surface area contributed by atoms with E-state index in [1.54, 1.807) is 19.3 Å². The third-order valence-corrected chi connectivity index (χ3v) is 1.18. The van der Waals surface area contributed by atoms with Gasteiger partial charge in [-0.25, -0.2) is 0 Å². The van der Waals surface area contributed by atoms with E-state index in [-0.39, 0.29) is 0 Å². The van der Waals surface area contributed by atoms with E-state index in [2.05, 4.69) is 21.8 Å². The number of aromatic nitrogens is 1. The Hall–Kier alpha value is -1.38. The van der Waals surface area contributed by atoms with Crippen LogP contribution in [0.2, 0.25) is 0 Å². The van der Waals surface area contributed by atoms with Crippen LogP contribution in [0.25, 0.3) is 6.08 Å². The molecule has 0 fully saturated rings. The highest BCUT2D eigenvalue weighted by molar-refractivity contribution is 5.58. The van der Waals surface area contributed by atoms with Gasteiger partial charge in [0, 0.05) is 18.8 Å². The van der Waals surface area contributed by atoms with Crippen molar-refractivity contribution in [2.75, 3.05) is 7.05 Å². The molecule has 1 aromatic heterocycles. The minimum Gasteiger partial charge on any atom is -0.345 e. The largest absolute Gasteiger partial charge is 0.345 e. The van der Waals surface area contributed by atoms with Crippen molar-refractivity contribution in [3.05, 3.63) is 24.4 Å². The molecule has 10 heavy (non-hydrogen) atoms. The number of nitrogens with zero attached hydrogens (tertiary/aromatic N) is 2. The predicted octanol–water partition coefficient (Wildman–Crippen LogP) is 2.37. The third kappa shape index (κ3) is 1.13. The third-order valence-electron chi connectivity index (χ3n) is 1.18. The standard InChI is InChI=1S/C7H9N3/c1-3-6-4-5-9-7(6)10-8-2/h3-5,9H,1H2,2H3. The lowest BCUT2D eigenvalue weighted by atomic mass is 10.3. The molecule has 0 aliphatic rings. The molecule has 1 heterocycles. The quantitative estimate of drug-likeness (QED) is 0.605. The van der Waals surface area contributed by atoms with Crippen LogP contribution in [0.5, 0.6) is 0 Å². The van der Waals surface area contributed by atoms with Crippen LogP contribution in [0, 0.1) is 0 Å². The monoisotopic (exact) mass is 135 g/mol. The molecule has 52 valence electrons. The summed E-state index contributed by atoms with van der Waals surface area (Å²) < 4.78 is 0. The number of rotatable bonds is 2. The average Bonchev–Trinajstić information content (AvgIpc) is 2.36. The smallest absolute Gasteiger partial charge is 0.159 e. The molecule has 0 atom stereocenters. The van der Waals surface area contributed by atoms with Gasteiger partial charge in [-0.15, -0.1) is 5.11 Å². The van der Waals surface area contributed by atoms with E-state index >= 15 is 0 Å². The summed E-state index contributed by atoms with van der Waals surface area (Å²) in [6.07, 6.45) is 3.54. The summed E-state index contributed by atoms with van der Waals surface area (Å²) in [6, 6.07) is 1.90. The highest BCUT2D eigenvalue weighted by atomic mass is 15.1. The van der Waals surface area contributed by atoms with Gasteiger partial charge >= 0.3 is 0 Å². The fourth-order valence-electron chi connectivity index (χ4n) is 0.724. The Kier molecular flexibility index (Phi) is 1.99. The van der Waals surface area contributed by atoms with Crippen LogP contribution >= 0.6 is 0 Å². The number of nitrogens with one attached hydrogen (secondary N) is 1. The molecule has 3 heteroatoms. The maximum Gasteiger partial charge on any atom is 0.159 e. The van der Waals surface area contributed by atoms with Crippen molar-refractivity contribution in [1.82, 2.24) is 4.98 Å². The van der Waals surface area contributed by atoms with Crippen LogP contribution < -0.4 is 0 Å². The first-order valence-corrected chi connectivity index (χ1v) is 2.98. The average molecular weight is 135 g/mol. The molecule has 0 unspecified atom stereocenters. The Morgan fingerprint density at radius 3 is 3.10 bits per heavy atom. The van der Waals surface area contributed by atoms with Crippen LogP contribution in [0.3, 0.4) is 0 Å². The second-order valence-electron chi connectivity index (χ2n) is 1.79. The molecule has 0 bridgehead atoms. The molecular formula is C7H9N3. The van der Waals surface area contributed by atoms with Gasteiger partial charge in [-0.05, 0) is 6.07 Å². The molecule has 3 nitrogen and oxygen atoms in total. The number of hydrogen-bond donors (Lipinski definition) is 1. The predicted molar refractivity (Wildman–Crippen MR) is 41.3 cm³/mol. The van der Waals surface area contributed by atoms with Crippen molar-refractivity contribution in [3.63, 3.8) is 0 Å². The lowest BCUT2D eigenvalue weighted by Crippen LogP contribution is -1.64. The molecule has 0 saturated heterocycles. The number of H-pyrrole nitrogens is 1. The van der Waals surface area contributed by atoms with Crippen molar-refractivity contribution in [1.29, 1.82) is 0 Å². The summed E-state index contributed by atoms with van der Waals surface area (Å²) in [7, 11) is 1.63. The van der Waals surface area contributed by atoms with Gasteiger partial charge in [-0.1, -0.05) is 12.7 Å². The molecule has 1 rings (SSSR count). The first kappa shape index (κ1) is 6.74. The van der Waals surface area contributed by atoms with Gasteiger partial charge in [0.15, 0.2) is 5.82 Å². The first-order valence-electron chi connectivity index (χ1n) is 2.98. The zero-order valence-corrected chi connectivity index (χ0v) is 5.83. The fraction of sp³-hybridized carbons (Fsp3) is 0.143. The molecule has 1 N–H and O–H groups in total. The SMILES string of the molecule is C=Cc1cc[nH]c1N=NC. The Morgan fingerprint density at radius 2 is 2.50 bits per heavy atom. The van der Waals surface area contributed by atoms with E-state index < -0.39 is 0 Å². The summed E-state index contributed by atoms with van der Waals surface area (Å²) in [6.45, 7) is 3.62. The van der Waals surface area contributed by atoms with E-state index in [9.17, 15) is 0 Å². The molecular weight excluding hydrogens is 126 g/mol. The topological polar surface area (TPSA) is 40.5 Å². The van der Waals surface area contributed by atoms with Crippen LogP contribution in [0.4, 0.5) is 5.82 Å². The summed E-state index contributed by atoms with van der Waals surface area (Å²) in [5, 5.41) is 7.47. The molecule has 0 aromatic carbocycles. The van der Waals surface area contributed by atoms with Gasteiger partial charge in [-0.2, -0.15) is 5.11 Å². The summed E-state index contributed by atoms with van der Waals surface area (Å²) in [4.78, 5) is 2.93. The van der Waals surface area contributed by atoms with Crippen molar-refractivity contribution in [2.24, 2.45) is 10.2 Å². The fourth-order valence-corrected chi connectivity index (χ4v) is 0.724. The lowest BCUT2D eigenvalue weighted by molar-refractivity contribution is 1.13. The van der Waals surface area contributed by atoms with Crippen LogP contribution in [0.1, 0.15) is 5.56 Å². The van der Waals surface area contributed by atoms with Crippen molar-refractivity contribution >= 4 is 11.9 Å². The van der Waals surface area contributed by atoms with Gasteiger partial charge in [-0.3, -0.25) is 0 Å². The summed E-state index contributed by atoms with van der Waals surface area (Å²) >= 11 is 0. The Balaban J connectivity index is 3.00. The summed E-state index contributed by atoms with van der Waals surface area (Å²) in [5.74, 6) is 0.762. The minimum absolute atomic E-state index is 0.762. The van der Waals surface area contributed by atoms with E-state index in [0.717, 1.165) is 11.4 Å². The first-order chi connectivity index (χ1) is 4.88. The van der Waals surface area contributed by atoms with E-state index in [1.165, 1.54) is 0 Å². The van der Waals surface area contributed by atoms with Gasteiger partial charge in [0.1, 0.15) is 0 Å². The maximum absolute atomic E-state index is 3.84. The van der Waals surface area contributed by atoms with Crippen LogP contribution in [0.15, 0.2) is 29.1 Å². The zero-order valence-electron chi connectivity index (χ0n) is 5.83. The number of hydrogen-bond acceptors (Lipinski definition) is 2. The molecule has 0 saturated carbocycles. The zero-order chi connectivity index (χ0) is 7.40. The molecule has 0 aliphatic carbocycles. The lowest BCUT2D eigenvalue weighted by Gasteiger charge is -1.86. The van der Waals surface area contributed by atoms with Gasteiger partial charge < -0.3 is 4.98 Å². The van der Waals surface area contributed by atoms with Gasteiger partial charge in [0.05, 0.1) is 0 Å². The normalized spacial score (nSPS) is 10.5. The van der Waals surface area contributed by atoms with Gasteiger partial charge in [0.25, 0.3) is 0 Å². The highest BCUT2D eigenvalue weighted by Gasteiger charge is 1.95. The molecule has 1 aromatic rings. The van der Waals surface area contributed by atoms with E-state index in [1.807, 2.05) is 6.07 Å². The molecule has 0 aliphatic heterocycles. The second kappa shape index (κ2) is 2.96. The Labute approximate surface area is 59.5 Å². The molecule has 0 radical (unpaired) electrons. The van der Waals surface area contributed by atoms with Crippen molar-refractivity contribution in [2.45, 2.75) is 0 Å². The van der Waals surface area contributed by atoms with E-state index in [4.69, 9.17) is 0 Å². The number of azo groups is 1. The van der Waals surface area contributed by atoms with Crippen LogP contribution in [-0.4, -0.2) is 12.0 Å². The highest BCUT2D eigenvalue weighted by Crippen LogP contribution is 2.16. The Morgan fingerprint density at radius 1 is 1.70 bits per heavy atom. The van der Waals surface area contributed by atoms with Crippen molar-refractivity contribution in [3.8, 4) is 0 Å². The maximum atomic E-state index is 3.84. The van der Waals surface area contributed by atoms with E-state index in [0.29, 0.717) is 0 Å². The van der Waals surface area contributed by atoms with Crippen molar-refractivity contribution < 1.29 is 0 Å². The Bertz CT molecular complexity index is 247. The number of aromatic amines is 1. The van der Waals surface area contributed by atoms with Gasteiger partial charge in [0.2, 0.25) is 0 Å². The second-order valence-corrected chi connectivity index (χ2v) is 1.79.